The third-order valence-corrected chi connectivity index (χ3v) is 6.54. The topological polar surface area (TPSA) is 73.3 Å². The Bertz CT molecular complexity index is 1370. The van der Waals surface area contributed by atoms with Crippen LogP contribution < -0.4 is 5.69 Å². The fourth-order valence-electron chi connectivity index (χ4n) is 4.60. The second kappa shape index (κ2) is 8.90. The van der Waals surface area contributed by atoms with Gasteiger partial charge in [-0.3, -0.25) is 13.9 Å². The molecule has 1 unspecified atom stereocenters. The van der Waals surface area contributed by atoms with Crippen LogP contribution in [0.3, 0.4) is 0 Å². The van der Waals surface area contributed by atoms with Gasteiger partial charge in [-0.1, -0.05) is 35.9 Å². The molecule has 1 atom stereocenters. The third-order valence-electron chi connectivity index (χ3n) is 6.31. The Morgan fingerprint density at radius 3 is 2.82 bits per heavy atom. The van der Waals surface area contributed by atoms with Gasteiger partial charge < -0.3 is 9.32 Å². The number of likely N-dealkylation sites (tertiary alicyclic amines) is 1. The van der Waals surface area contributed by atoms with E-state index in [2.05, 4.69) is 4.98 Å². The lowest BCUT2D eigenvalue weighted by atomic mass is 9.98. The van der Waals surface area contributed by atoms with E-state index in [0.717, 1.165) is 35.2 Å². The average molecular weight is 465 g/mol. The number of nitrogens with zero attached hydrogens (tertiary/aromatic N) is 4. The predicted octanol–water partition coefficient (Wildman–Crippen LogP) is 3.98. The molecule has 5 rings (SSSR count). The van der Waals surface area contributed by atoms with Gasteiger partial charge in [0.1, 0.15) is 12.3 Å². The normalized spacial score (nSPS) is 16.4. The maximum Gasteiger partial charge on any atom is 0.329 e. The molecular weight excluding hydrogens is 440 g/mol. The maximum absolute atomic E-state index is 13.1. The summed E-state index contributed by atoms with van der Waals surface area (Å²) in [6.07, 6.45) is 4.15. The van der Waals surface area contributed by atoms with Gasteiger partial charge in [0.05, 0.1) is 23.1 Å². The molecule has 1 saturated heterocycles. The molecule has 0 N–H and O–H groups in total. The first-order valence-corrected chi connectivity index (χ1v) is 11.5. The summed E-state index contributed by atoms with van der Waals surface area (Å²) in [5.74, 6) is 1.41. The van der Waals surface area contributed by atoms with Gasteiger partial charge in [0.2, 0.25) is 5.91 Å². The SMILES string of the molecule is Cn1c(=O)n(CC(=O)N2CCCC(c3ncc(Cc4cccc(Cl)c4)o3)C2)c2ccccc21. The smallest absolute Gasteiger partial charge is 0.329 e. The number of fused-ring (bicyclic) bond motifs is 1. The van der Waals surface area contributed by atoms with E-state index in [-0.39, 0.29) is 24.1 Å². The van der Waals surface area contributed by atoms with Gasteiger partial charge in [0.15, 0.2) is 5.89 Å². The van der Waals surface area contributed by atoms with Crippen molar-refractivity contribution in [1.82, 2.24) is 19.0 Å². The maximum atomic E-state index is 13.1. The summed E-state index contributed by atoms with van der Waals surface area (Å²) in [6, 6.07) is 15.2. The average Bonchev–Trinajstić information content (AvgIpc) is 3.38. The lowest BCUT2D eigenvalue weighted by molar-refractivity contribution is -0.133. The third kappa shape index (κ3) is 4.33. The standard InChI is InChI=1S/C25H25ClN4O3/c1-28-21-9-2-3-10-22(21)30(25(28)32)16-23(31)29-11-5-7-18(15-29)24-27-14-20(33-24)13-17-6-4-8-19(26)12-17/h2-4,6,8-10,12,14,18H,5,7,11,13,15-16H2,1H3. The number of hydrogen-bond donors (Lipinski definition) is 0. The van der Waals surface area contributed by atoms with Crippen LogP contribution in [0, 0.1) is 0 Å². The highest BCUT2D eigenvalue weighted by Crippen LogP contribution is 2.28. The van der Waals surface area contributed by atoms with E-state index in [9.17, 15) is 9.59 Å². The van der Waals surface area contributed by atoms with E-state index in [0.29, 0.717) is 30.4 Å². The van der Waals surface area contributed by atoms with Crippen LogP contribution in [-0.4, -0.2) is 38.0 Å². The van der Waals surface area contributed by atoms with Crippen LogP contribution in [0.15, 0.2) is 63.9 Å². The fourth-order valence-corrected chi connectivity index (χ4v) is 4.81. The van der Waals surface area contributed by atoms with Crippen LogP contribution in [0.2, 0.25) is 5.02 Å². The first kappa shape index (κ1) is 21.5. The molecule has 1 fully saturated rings. The molecule has 0 spiro atoms. The lowest BCUT2D eigenvalue weighted by Crippen LogP contribution is -2.42. The number of carbonyl (C=O) groups excluding carboxylic acids is 1. The highest BCUT2D eigenvalue weighted by Gasteiger charge is 2.28. The number of imidazole rings is 1. The number of halogens is 1. The Balaban J connectivity index is 1.29. The Kier molecular flexibility index (Phi) is 5.81. The molecule has 2 aromatic heterocycles. The number of oxazole rings is 1. The van der Waals surface area contributed by atoms with Crippen molar-refractivity contribution in [3.63, 3.8) is 0 Å². The van der Waals surface area contributed by atoms with Crippen molar-refractivity contribution in [3.05, 3.63) is 87.4 Å². The fraction of sp³-hybridized carbons (Fsp3) is 0.320. The van der Waals surface area contributed by atoms with Crippen molar-refractivity contribution in [2.45, 2.75) is 31.7 Å². The minimum absolute atomic E-state index is 0.0263. The van der Waals surface area contributed by atoms with Crippen LogP contribution in [0.4, 0.5) is 0 Å². The molecule has 2 aromatic carbocycles. The molecule has 0 aliphatic carbocycles. The monoisotopic (exact) mass is 464 g/mol. The summed E-state index contributed by atoms with van der Waals surface area (Å²) in [6.45, 7) is 1.24. The molecule has 4 aromatic rings. The number of benzene rings is 2. The van der Waals surface area contributed by atoms with E-state index in [1.165, 1.54) is 0 Å². The van der Waals surface area contributed by atoms with Crippen molar-refractivity contribution in [3.8, 4) is 0 Å². The summed E-state index contributed by atoms with van der Waals surface area (Å²) in [7, 11) is 1.73. The van der Waals surface area contributed by atoms with Crippen molar-refractivity contribution >= 4 is 28.5 Å². The molecule has 1 aliphatic heterocycles. The Morgan fingerprint density at radius 2 is 2.00 bits per heavy atom. The van der Waals surface area contributed by atoms with Gasteiger partial charge in [-0.25, -0.2) is 9.78 Å². The summed E-state index contributed by atoms with van der Waals surface area (Å²) < 4.78 is 9.17. The number of piperidine rings is 1. The largest absolute Gasteiger partial charge is 0.445 e. The summed E-state index contributed by atoms with van der Waals surface area (Å²) in [5, 5.41) is 0.693. The van der Waals surface area contributed by atoms with E-state index >= 15 is 0 Å². The minimum atomic E-state index is -0.184. The van der Waals surface area contributed by atoms with E-state index in [1.54, 1.807) is 22.4 Å². The van der Waals surface area contributed by atoms with Crippen LogP contribution >= 0.6 is 11.6 Å². The van der Waals surface area contributed by atoms with Gasteiger partial charge in [-0.2, -0.15) is 0 Å². The minimum Gasteiger partial charge on any atom is -0.445 e. The van der Waals surface area contributed by atoms with Crippen molar-refractivity contribution in [1.29, 1.82) is 0 Å². The van der Waals surface area contributed by atoms with E-state index < -0.39 is 0 Å². The van der Waals surface area contributed by atoms with Crippen LogP contribution in [0.25, 0.3) is 11.0 Å². The van der Waals surface area contributed by atoms with Crippen molar-refractivity contribution in [2.24, 2.45) is 7.05 Å². The predicted molar refractivity (Wildman–Crippen MR) is 126 cm³/mol. The first-order chi connectivity index (χ1) is 16.0. The van der Waals surface area contributed by atoms with Gasteiger partial charge in [0, 0.05) is 31.6 Å². The Hall–Kier alpha value is -3.32. The highest BCUT2D eigenvalue weighted by atomic mass is 35.5. The molecule has 0 bridgehead atoms. The van der Waals surface area contributed by atoms with Crippen LogP contribution in [0.1, 0.15) is 36.0 Å². The Labute approximate surface area is 196 Å². The number of amides is 1. The number of aryl methyl sites for hydroxylation is 1. The first-order valence-electron chi connectivity index (χ1n) is 11.1. The molecule has 3 heterocycles. The van der Waals surface area contributed by atoms with Gasteiger partial charge >= 0.3 is 5.69 Å². The molecule has 8 heteroatoms. The van der Waals surface area contributed by atoms with Crippen LogP contribution in [-0.2, 0) is 24.8 Å². The van der Waals surface area contributed by atoms with Crippen molar-refractivity contribution in [2.75, 3.05) is 13.1 Å². The zero-order valence-corrected chi connectivity index (χ0v) is 19.2. The van der Waals surface area contributed by atoms with Gasteiger partial charge in [0.25, 0.3) is 0 Å². The number of hydrogen-bond acceptors (Lipinski definition) is 4. The molecule has 0 radical (unpaired) electrons. The Morgan fingerprint density at radius 1 is 1.18 bits per heavy atom. The molecular formula is C25H25ClN4O3. The van der Waals surface area contributed by atoms with Crippen LogP contribution in [0.5, 0.6) is 0 Å². The summed E-state index contributed by atoms with van der Waals surface area (Å²) in [5.41, 5.74) is 2.46. The summed E-state index contributed by atoms with van der Waals surface area (Å²) in [4.78, 5) is 32.1. The summed E-state index contributed by atoms with van der Waals surface area (Å²) >= 11 is 6.08. The molecule has 33 heavy (non-hydrogen) atoms. The number of aromatic nitrogens is 3. The molecule has 0 saturated carbocycles. The highest BCUT2D eigenvalue weighted by molar-refractivity contribution is 6.30. The molecule has 1 aliphatic rings. The lowest BCUT2D eigenvalue weighted by Gasteiger charge is -2.31. The number of carbonyl (C=O) groups is 1. The van der Waals surface area contributed by atoms with Gasteiger partial charge in [-0.05, 0) is 42.7 Å². The second-order valence-electron chi connectivity index (χ2n) is 8.57. The molecule has 1 amide bonds. The quantitative estimate of drug-likeness (QED) is 0.448. The van der Waals surface area contributed by atoms with E-state index in [1.807, 2.05) is 53.4 Å². The second-order valence-corrected chi connectivity index (χ2v) is 9.00. The van der Waals surface area contributed by atoms with E-state index in [4.69, 9.17) is 16.0 Å². The van der Waals surface area contributed by atoms with Gasteiger partial charge in [-0.15, -0.1) is 0 Å². The molecule has 170 valence electrons. The number of rotatable bonds is 5. The number of para-hydroxylation sites is 2. The zero-order chi connectivity index (χ0) is 22.9. The van der Waals surface area contributed by atoms with Crippen molar-refractivity contribution < 1.29 is 9.21 Å². The zero-order valence-electron chi connectivity index (χ0n) is 18.4. The molecule has 7 nitrogen and oxygen atoms in total.